The van der Waals surface area contributed by atoms with E-state index in [0.29, 0.717) is 6.42 Å². The van der Waals surface area contributed by atoms with Crippen LogP contribution in [0.5, 0.6) is 0 Å². The van der Waals surface area contributed by atoms with Crippen LogP contribution < -0.4 is 5.73 Å². The van der Waals surface area contributed by atoms with Crippen molar-refractivity contribution in [3.63, 3.8) is 0 Å². The number of likely N-dealkylation sites (N-methyl/N-ethyl adjacent to an activating group) is 1. The lowest BCUT2D eigenvalue weighted by Crippen LogP contribution is -2.48. The summed E-state index contributed by atoms with van der Waals surface area (Å²) in [4.78, 5) is 4.93. The van der Waals surface area contributed by atoms with E-state index >= 15 is 0 Å². The third-order valence-electron chi connectivity index (χ3n) is 3.89. The SMILES string of the molecule is CCN1CCN(C(CC(=N)N)c2ccccc2)CC1. The highest BCUT2D eigenvalue weighted by atomic mass is 15.3. The van der Waals surface area contributed by atoms with E-state index in [0.717, 1.165) is 32.7 Å². The predicted molar refractivity (Wildman–Crippen MR) is 79.4 cm³/mol. The van der Waals surface area contributed by atoms with Crippen LogP contribution in [0.25, 0.3) is 0 Å². The van der Waals surface area contributed by atoms with Crippen LogP contribution in [0, 0.1) is 5.41 Å². The Balaban J connectivity index is 2.08. The molecule has 1 atom stereocenters. The molecule has 1 unspecified atom stereocenters. The monoisotopic (exact) mass is 260 g/mol. The number of nitrogens with two attached hydrogens (primary N) is 1. The number of piperazine rings is 1. The molecule has 1 aromatic carbocycles. The molecule has 19 heavy (non-hydrogen) atoms. The van der Waals surface area contributed by atoms with Gasteiger partial charge in [-0.15, -0.1) is 0 Å². The molecule has 0 bridgehead atoms. The van der Waals surface area contributed by atoms with E-state index in [2.05, 4.69) is 41.0 Å². The summed E-state index contributed by atoms with van der Waals surface area (Å²) in [6, 6.07) is 10.7. The Labute approximate surface area is 115 Å². The van der Waals surface area contributed by atoms with Gasteiger partial charge in [-0.1, -0.05) is 37.3 Å². The van der Waals surface area contributed by atoms with Gasteiger partial charge in [-0.3, -0.25) is 10.3 Å². The van der Waals surface area contributed by atoms with E-state index in [9.17, 15) is 0 Å². The maximum Gasteiger partial charge on any atom is 0.0924 e. The Kier molecular flexibility index (Phi) is 4.93. The predicted octanol–water partition coefficient (Wildman–Crippen LogP) is 1.69. The maximum absolute atomic E-state index is 7.61. The van der Waals surface area contributed by atoms with Gasteiger partial charge < -0.3 is 10.6 Å². The number of nitrogens with zero attached hydrogens (tertiary/aromatic N) is 2. The van der Waals surface area contributed by atoms with Crippen LogP contribution in [0.3, 0.4) is 0 Å². The molecule has 4 heteroatoms. The van der Waals surface area contributed by atoms with Crippen LogP contribution in [0.2, 0.25) is 0 Å². The molecule has 1 aliphatic rings. The minimum Gasteiger partial charge on any atom is -0.388 e. The lowest BCUT2D eigenvalue weighted by Gasteiger charge is -2.39. The van der Waals surface area contributed by atoms with Crippen molar-refractivity contribution in [2.24, 2.45) is 5.73 Å². The van der Waals surface area contributed by atoms with Gasteiger partial charge in [-0.2, -0.15) is 0 Å². The van der Waals surface area contributed by atoms with E-state index in [1.165, 1.54) is 5.56 Å². The third-order valence-corrected chi connectivity index (χ3v) is 3.89. The van der Waals surface area contributed by atoms with Crippen molar-refractivity contribution in [2.75, 3.05) is 32.7 Å². The number of amidine groups is 1. The van der Waals surface area contributed by atoms with Gasteiger partial charge in [0.1, 0.15) is 0 Å². The van der Waals surface area contributed by atoms with Crippen LogP contribution >= 0.6 is 0 Å². The van der Waals surface area contributed by atoms with Gasteiger partial charge in [0.25, 0.3) is 0 Å². The lowest BCUT2D eigenvalue weighted by atomic mass is 10.0. The average molecular weight is 260 g/mol. The zero-order valence-corrected chi connectivity index (χ0v) is 11.7. The molecule has 0 aromatic heterocycles. The third kappa shape index (κ3) is 3.78. The largest absolute Gasteiger partial charge is 0.388 e. The smallest absolute Gasteiger partial charge is 0.0924 e. The second-order valence-electron chi connectivity index (χ2n) is 5.13. The molecule has 1 saturated heterocycles. The summed E-state index contributed by atoms with van der Waals surface area (Å²) in [5, 5.41) is 7.61. The van der Waals surface area contributed by atoms with Gasteiger partial charge in [0.2, 0.25) is 0 Å². The Morgan fingerprint density at radius 1 is 1.21 bits per heavy atom. The quantitative estimate of drug-likeness (QED) is 0.626. The van der Waals surface area contributed by atoms with Crippen molar-refractivity contribution in [3.05, 3.63) is 35.9 Å². The first-order valence-electron chi connectivity index (χ1n) is 7.05. The Morgan fingerprint density at radius 2 is 1.84 bits per heavy atom. The van der Waals surface area contributed by atoms with Crippen molar-refractivity contribution in [1.29, 1.82) is 5.41 Å². The van der Waals surface area contributed by atoms with Crippen molar-refractivity contribution >= 4 is 5.84 Å². The molecule has 2 rings (SSSR count). The molecule has 1 heterocycles. The Hall–Kier alpha value is -1.39. The minimum atomic E-state index is 0.248. The summed E-state index contributed by atoms with van der Waals surface area (Å²) in [6.07, 6.45) is 0.621. The summed E-state index contributed by atoms with van der Waals surface area (Å²) < 4.78 is 0. The molecule has 0 spiro atoms. The fourth-order valence-electron chi connectivity index (χ4n) is 2.73. The Morgan fingerprint density at radius 3 is 2.37 bits per heavy atom. The average Bonchev–Trinajstić information content (AvgIpc) is 2.46. The van der Waals surface area contributed by atoms with Crippen molar-refractivity contribution in [3.8, 4) is 0 Å². The van der Waals surface area contributed by atoms with E-state index < -0.39 is 0 Å². The maximum atomic E-state index is 7.61. The normalized spacial score (nSPS) is 19.2. The first-order valence-corrected chi connectivity index (χ1v) is 7.05. The zero-order chi connectivity index (χ0) is 13.7. The summed E-state index contributed by atoms with van der Waals surface area (Å²) >= 11 is 0. The van der Waals surface area contributed by atoms with Gasteiger partial charge in [-0.05, 0) is 12.1 Å². The van der Waals surface area contributed by atoms with Crippen LogP contribution in [-0.2, 0) is 0 Å². The van der Waals surface area contributed by atoms with Gasteiger partial charge in [-0.25, -0.2) is 0 Å². The summed E-state index contributed by atoms with van der Waals surface area (Å²) in [6.45, 7) is 7.66. The summed E-state index contributed by atoms with van der Waals surface area (Å²) in [7, 11) is 0. The first kappa shape index (κ1) is 14.0. The molecule has 0 aliphatic carbocycles. The molecular formula is C15H24N4. The molecule has 1 fully saturated rings. The molecular weight excluding hydrogens is 236 g/mol. The Bertz CT molecular complexity index is 396. The van der Waals surface area contributed by atoms with Gasteiger partial charge in [0.15, 0.2) is 0 Å². The van der Waals surface area contributed by atoms with Crippen LogP contribution in [-0.4, -0.2) is 48.4 Å². The molecule has 0 amide bonds. The highest BCUT2D eigenvalue weighted by molar-refractivity contribution is 5.77. The number of nitrogens with one attached hydrogen (secondary N) is 1. The molecule has 3 N–H and O–H groups in total. The van der Waals surface area contributed by atoms with Crippen molar-refractivity contribution in [1.82, 2.24) is 9.80 Å². The number of benzene rings is 1. The van der Waals surface area contributed by atoms with Crippen molar-refractivity contribution < 1.29 is 0 Å². The van der Waals surface area contributed by atoms with Crippen molar-refractivity contribution in [2.45, 2.75) is 19.4 Å². The summed E-state index contributed by atoms with van der Waals surface area (Å²) in [5.74, 6) is 0.270. The van der Waals surface area contributed by atoms with Gasteiger partial charge in [0.05, 0.1) is 5.84 Å². The number of hydrogen-bond donors (Lipinski definition) is 2. The van der Waals surface area contributed by atoms with Crippen LogP contribution in [0.1, 0.15) is 24.9 Å². The van der Waals surface area contributed by atoms with Gasteiger partial charge >= 0.3 is 0 Å². The molecule has 0 saturated carbocycles. The van der Waals surface area contributed by atoms with E-state index in [-0.39, 0.29) is 11.9 Å². The first-order chi connectivity index (χ1) is 9.20. The van der Waals surface area contributed by atoms with E-state index in [4.69, 9.17) is 11.1 Å². The van der Waals surface area contributed by atoms with E-state index in [1.54, 1.807) is 0 Å². The molecule has 104 valence electrons. The minimum absolute atomic E-state index is 0.248. The highest BCUT2D eigenvalue weighted by Gasteiger charge is 2.24. The van der Waals surface area contributed by atoms with Crippen LogP contribution in [0.15, 0.2) is 30.3 Å². The zero-order valence-electron chi connectivity index (χ0n) is 11.7. The van der Waals surface area contributed by atoms with Crippen LogP contribution in [0.4, 0.5) is 0 Å². The van der Waals surface area contributed by atoms with Gasteiger partial charge in [0, 0.05) is 38.6 Å². The molecule has 1 aliphatic heterocycles. The van der Waals surface area contributed by atoms with E-state index in [1.807, 2.05) is 6.07 Å². The fourth-order valence-corrected chi connectivity index (χ4v) is 2.73. The number of rotatable bonds is 5. The molecule has 0 radical (unpaired) electrons. The number of hydrogen-bond acceptors (Lipinski definition) is 3. The standard InChI is InChI=1S/C15H24N4/c1-2-18-8-10-19(11-9-18)14(12-15(16)17)13-6-4-3-5-7-13/h3-7,14H,2,8-12H2,1H3,(H3,16,17). The second kappa shape index (κ2) is 6.68. The highest BCUT2D eigenvalue weighted by Crippen LogP contribution is 2.25. The summed E-state index contributed by atoms with van der Waals surface area (Å²) in [5.41, 5.74) is 6.90. The fraction of sp³-hybridized carbons (Fsp3) is 0.533. The molecule has 1 aromatic rings. The molecule has 4 nitrogen and oxygen atoms in total. The topological polar surface area (TPSA) is 56.4 Å². The second-order valence-corrected chi connectivity index (χ2v) is 5.13. The lowest BCUT2D eigenvalue weighted by molar-refractivity contribution is 0.101.